The number of carboxylic acids is 1. The summed E-state index contributed by atoms with van der Waals surface area (Å²) in [6.45, 7) is 8.89. The summed E-state index contributed by atoms with van der Waals surface area (Å²) >= 11 is -1.25. The molecule has 0 spiro atoms. The van der Waals surface area contributed by atoms with Gasteiger partial charge in [0.15, 0.2) is 0 Å². The van der Waals surface area contributed by atoms with Crippen LogP contribution in [-0.4, -0.2) is 26.6 Å². The summed E-state index contributed by atoms with van der Waals surface area (Å²) in [5.41, 5.74) is -0.755. The van der Waals surface area contributed by atoms with Crippen molar-refractivity contribution in [2.75, 3.05) is 0 Å². The SMILES string of the molecule is CC(C)(CCC=N[S@@+]([O-])C(C)(C)C)C(=O)O. The number of hydrogen-bond acceptors (Lipinski definition) is 3. The molecule has 0 saturated heterocycles. The smallest absolute Gasteiger partial charge is 0.309 e. The Kier molecular flexibility index (Phi) is 5.49. The van der Waals surface area contributed by atoms with E-state index in [1.807, 2.05) is 20.8 Å². The number of carboxylic acid groups (broad SMARTS) is 1. The van der Waals surface area contributed by atoms with Crippen molar-refractivity contribution < 1.29 is 14.5 Å². The average molecular weight is 247 g/mol. The molecule has 1 atom stereocenters. The van der Waals surface area contributed by atoms with Crippen LogP contribution >= 0.6 is 0 Å². The molecule has 0 fully saturated rings. The van der Waals surface area contributed by atoms with Crippen LogP contribution in [0.1, 0.15) is 47.5 Å². The number of hydrogen-bond donors (Lipinski definition) is 1. The van der Waals surface area contributed by atoms with Crippen molar-refractivity contribution in [2.45, 2.75) is 52.2 Å². The summed E-state index contributed by atoms with van der Waals surface area (Å²) in [6, 6.07) is 0. The molecule has 0 aliphatic carbocycles. The van der Waals surface area contributed by atoms with Gasteiger partial charge in [-0.25, -0.2) is 0 Å². The third-order valence-electron chi connectivity index (χ3n) is 2.17. The van der Waals surface area contributed by atoms with Gasteiger partial charge in [0.2, 0.25) is 0 Å². The van der Waals surface area contributed by atoms with E-state index in [0.717, 1.165) is 0 Å². The lowest BCUT2D eigenvalue weighted by molar-refractivity contribution is -0.147. The number of nitrogens with zero attached hydrogens (tertiary/aromatic N) is 1. The van der Waals surface area contributed by atoms with Crippen molar-refractivity contribution in [3.8, 4) is 0 Å². The Hall–Kier alpha value is -0.550. The Morgan fingerprint density at radius 1 is 1.38 bits per heavy atom. The van der Waals surface area contributed by atoms with Crippen molar-refractivity contribution >= 4 is 23.5 Å². The molecule has 5 heteroatoms. The Morgan fingerprint density at radius 3 is 2.25 bits per heavy atom. The molecule has 4 nitrogen and oxygen atoms in total. The van der Waals surface area contributed by atoms with Crippen molar-refractivity contribution in [3.63, 3.8) is 0 Å². The Balaban J connectivity index is 4.09. The summed E-state index contributed by atoms with van der Waals surface area (Å²) in [5.74, 6) is -0.821. The molecule has 0 aromatic carbocycles. The van der Waals surface area contributed by atoms with Crippen LogP contribution in [0, 0.1) is 5.41 Å². The first kappa shape index (κ1) is 15.4. The third kappa shape index (κ3) is 5.51. The van der Waals surface area contributed by atoms with Gasteiger partial charge >= 0.3 is 5.97 Å². The Bertz CT molecular complexity index is 269. The van der Waals surface area contributed by atoms with Crippen LogP contribution in [0.2, 0.25) is 0 Å². The van der Waals surface area contributed by atoms with Gasteiger partial charge in [0.1, 0.15) is 16.1 Å². The molecule has 0 amide bonds. The summed E-state index contributed by atoms with van der Waals surface area (Å²) < 4.78 is 15.1. The summed E-state index contributed by atoms with van der Waals surface area (Å²) in [7, 11) is 0. The lowest BCUT2D eigenvalue weighted by Crippen LogP contribution is -2.26. The summed E-state index contributed by atoms with van der Waals surface area (Å²) in [4.78, 5) is 10.8. The molecule has 0 aliphatic rings. The first-order chi connectivity index (χ1) is 7.07. The fraction of sp³-hybridized carbons (Fsp3) is 0.818. The van der Waals surface area contributed by atoms with Crippen molar-refractivity contribution in [3.05, 3.63) is 0 Å². The second-order valence-corrected chi connectivity index (χ2v) is 7.31. The lowest BCUT2D eigenvalue weighted by Gasteiger charge is -2.19. The average Bonchev–Trinajstić information content (AvgIpc) is 2.10. The third-order valence-corrected chi connectivity index (χ3v) is 3.56. The lowest BCUT2D eigenvalue weighted by atomic mass is 9.88. The van der Waals surface area contributed by atoms with Gasteiger partial charge in [0, 0.05) is 0 Å². The molecule has 0 rings (SSSR count). The zero-order valence-corrected chi connectivity index (χ0v) is 11.4. The maximum absolute atomic E-state index is 11.5. The van der Waals surface area contributed by atoms with Crippen molar-refractivity contribution in [1.29, 1.82) is 0 Å². The van der Waals surface area contributed by atoms with Gasteiger partial charge in [-0.05, 0) is 47.5 Å². The standard InChI is InChI=1S/C11H21NO3S/c1-10(2,3)16(15)12-8-6-7-11(4,5)9(13)14/h8H,6-7H2,1-5H3,(H,13,14)/t16-/m0/s1. The van der Waals surface area contributed by atoms with Gasteiger partial charge in [0.05, 0.1) is 11.6 Å². The van der Waals surface area contributed by atoms with Gasteiger partial charge in [-0.3, -0.25) is 4.79 Å². The van der Waals surface area contributed by atoms with Gasteiger partial charge in [-0.1, -0.05) is 4.40 Å². The highest BCUT2D eigenvalue weighted by atomic mass is 32.2. The van der Waals surface area contributed by atoms with Crippen LogP contribution in [0.25, 0.3) is 0 Å². The van der Waals surface area contributed by atoms with E-state index in [1.165, 1.54) is 0 Å². The maximum atomic E-state index is 11.5. The minimum absolute atomic E-state index is 0.362. The highest BCUT2D eigenvalue weighted by Crippen LogP contribution is 2.22. The molecule has 0 aromatic rings. The van der Waals surface area contributed by atoms with Gasteiger partial charge in [-0.15, -0.1) is 0 Å². The molecular formula is C11H21NO3S. The fourth-order valence-electron chi connectivity index (χ4n) is 0.811. The van der Waals surface area contributed by atoms with Crippen molar-refractivity contribution in [2.24, 2.45) is 9.81 Å². The zero-order valence-electron chi connectivity index (χ0n) is 10.6. The summed E-state index contributed by atoms with van der Waals surface area (Å²) in [6.07, 6.45) is 2.58. The summed E-state index contributed by atoms with van der Waals surface area (Å²) in [5, 5.41) is 8.87. The molecule has 16 heavy (non-hydrogen) atoms. The monoisotopic (exact) mass is 247 g/mol. The largest absolute Gasteiger partial charge is 0.591 e. The molecule has 0 saturated carbocycles. The van der Waals surface area contributed by atoms with Crippen LogP contribution in [0.3, 0.4) is 0 Å². The highest BCUT2D eigenvalue weighted by molar-refractivity contribution is 7.91. The predicted molar refractivity (Wildman–Crippen MR) is 67.0 cm³/mol. The van der Waals surface area contributed by atoms with E-state index in [2.05, 4.69) is 4.40 Å². The quantitative estimate of drug-likeness (QED) is 0.599. The fourth-order valence-corrected chi connectivity index (χ4v) is 1.37. The first-order valence-corrected chi connectivity index (χ1v) is 6.36. The van der Waals surface area contributed by atoms with E-state index in [1.54, 1.807) is 20.1 Å². The predicted octanol–water partition coefficient (Wildman–Crippen LogP) is 2.41. The molecule has 0 bridgehead atoms. The van der Waals surface area contributed by atoms with E-state index in [4.69, 9.17) is 5.11 Å². The molecule has 1 N–H and O–H groups in total. The molecule has 0 unspecified atom stereocenters. The molecule has 0 radical (unpaired) electrons. The number of aliphatic carboxylic acids is 1. The van der Waals surface area contributed by atoms with Gasteiger partial charge < -0.3 is 9.66 Å². The van der Waals surface area contributed by atoms with Crippen LogP contribution in [0.5, 0.6) is 0 Å². The van der Waals surface area contributed by atoms with Crippen LogP contribution in [0.4, 0.5) is 0 Å². The minimum atomic E-state index is -1.25. The van der Waals surface area contributed by atoms with E-state index in [0.29, 0.717) is 12.8 Å². The Morgan fingerprint density at radius 2 is 1.88 bits per heavy atom. The molecular weight excluding hydrogens is 226 g/mol. The van der Waals surface area contributed by atoms with E-state index in [9.17, 15) is 9.35 Å². The minimum Gasteiger partial charge on any atom is -0.591 e. The Labute approximate surface area is 100 Å². The van der Waals surface area contributed by atoms with E-state index in [-0.39, 0.29) is 4.75 Å². The second kappa shape index (κ2) is 5.68. The highest BCUT2D eigenvalue weighted by Gasteiger charge is 2.27. The molecule has 0 aromatic heterocycles. The topological polar surface area (TPSA) is 72.7 Å². The number of carbonyl (C=O) groups is 1. The van der Waals surface area contributed by atoms with Crippen molar-refractivity contribution in [1.82, 2.24) is 0 Å². The van der Waals surface area contributed by atoms with Crippen LogP contribution in [0.15, 0.2) is 4.40 Å². The molecule has 0 heterocycles. The first-order valence-electron chi connectivity index (χ1n) is 5.25. The second-order valence-electron chi connectivity index (χ2n) is 5.38. The van der Waals surface area contributed by atoms with E-state index >= 15 is 0 Å². The maximum Gasteiger partial charge on any atom is 0.309 e. The van der Waals surface area contributed by atoms with E-state index < -0.39 is 22.7 Å². The van der Waals surface area contributed by atoms with Gasteiger partial charge in [0.25, 0.3) is 0 Å². The van der Waals surface area contributed by atoms with Crippen LogP contribution in [-0.2, 0) is 16.2 Å². The molecule has 0 aliphatic heterocycles. The van der Waals surface area contributed by atoms with Gasteiger partial charge in [-0.2, -0.15) is 0 Å². The molecule has 94 valence electrons. The zero-order chi connectivity index (χ0) is 13.0. The number of rotatable bonds is 5. The normalized spacial score (nSPS) is 15.4. The van der Waals surface area contributed by atoms with Crippen LogP contribution < -0.4 is 0 Å².